The Balaban J connectivity index is 1.79. The molecule has 0 fully saturated rings. The van der Waals surface area contributed by atoms with Gasteiger partial charge < -0.3 is 10.5 Å². The molecular weight excluding hydrogens is 228 g/mol. The second-order valence-electron chi connectivity index (χ2n) is 4.62. The summed E-state index contributed by atoms with van der Waals surface area (Å²) in [5.74, 6) is 2.10. The lowest BCUT2D eigenvalue weighted by Crippen LogP contribution is -2.32. The van der Waals surface area contributed by atoms with Gasteiger partial charge in [0.1, 0.15) is 17.9 Å². The number of benzene rings is 1. The number of rotatable bonds is 3. The molecule has 2 unspecified atom stereocenters. The number of nitrogens with two attached hydrogens (primary N) is 1. The zero-order valence-electron chi connectivity index (χ0n) is 10.3. The SMILES string of the molecule is Cn1ncnc1CC(N)C1COc2ccccc21. The van der Waals surface area contributed by atoms with Crippen LogP contribution in [0.4, 0.5) is 0 Å². The van der Waals surface area contributed by atoms with E-state index in [-0.39, 0.29) is 12.0 Å². The monoisotopic (exact) mass is 244 g/mol. The van der Waals surface area contributed by atoms with E-state index in [4.69, 9.17) is 10.5 Å². The van der Waals surface area contributed by atoms with Crippen molar-refractivity contribution in [2.45, 2.75) is 18.4 Å². The van der Waals surface area contributed by atoms with Gasteiger partial charge in [0, 0.05) is 31.0 Å². The lowest BCUT2D eigenvalue weighted by molar-refractivity contribution is 0.312. The van der Waals surface area contributed by atoms with E-state index in [0.717, 1.165) is 11.6 Å². The van der Waals surface area contributed by atoms with Gasteiger partial charge in [-0.3, -0.25) is 4.68 Å². The molecular formula is C13H16N4O. The second-order valence-corrected chi connectivity index (χ2v) is 4.62. The molecule has 94 valence electrons. The molecule has 3 rings (SSSR count). The minimum absolute atomic E-state index is 0.00319. The molecule has 2 aromatic rings. The minimum Gasteiger partial charge on any atom is -0.493 e. The molecule has 1 aromatic carbocycles. The van der Waals surface area contributed by atoms with Crippen LogP contribution >= 0.6 is 0 Å². The Kier molecular flexibility index (Phi) is 2.76. The summed E-state index contributed by atoms with van der Waals surface area (Å²) in [6.07, 6.45) is 2.26. The van der Waals surface area contributed by atoms with E-state index in [1.54, 1.807) is 11.0 Å². The van der Waals surface area contributed by atoms with Gasteiger partial charge in [-0.2, -0.15) is 5.10 Å². The van der Waals surface area contributed by atoms with E-state index in [9.17, 15) is 0 Å². The summed E-state index contributed by atoms with van der Waals surface area (Å²) >= 11 is 0. The van der Waals surface area contributed by atoms with E-state index in [1.807, 2.05) is 25.2 Å². The third-order valence-electron chi connectivity index (χ3n) is 3.48. The first kappa shape index (κ1) is 11.2. The zero-order valence-corrected chi connectivity index (χ0v) is 10.3. The molecule has 0 radical (unpaired) electrons. The topological polar surface area (TPSA) is 66.0 Å². The van der Waals surface area contributed by atoms with Crippen molar-refractivity contribution in [3.05, 3.63) is 42.0 Å². The van der Waals surface area contributed by atoms with Gasteiger partial charge in [0.15, 0.2) is 0 Å². The Hall–Kier alpha value is -1.88. The molecule has 5 nitrogen and oxygen atoms in total. The summed E-state index contributed by atoms with van der Waals surface area (Å²) in [5, 5.41) is 4.06. The first-order chi connectivity index (χ1) is 8.75. The number of hydrogen-bond acceptors (Lipinski definition) is 4. The molecule has 0 aliphatic carbocycles. The average molecular weight is 244 g/mol. The summed E-state index contributed by atoms with van der Waals surface area (Å²) in [5.41, 5.74) is 7.49. The van der Waals surface area contributed by atoms with E-state index in [0.29, 0.717) is 13.0 Å². The number of nitrogens with zero attached hydrogens (tertiary/aromatic N) is 3. The molecule has 0 bridgehead atoms. The molecule has 2 atom stereocenters. The molecule has 18 heavy (non-hydrogen) atoms. The van der Waals surface area contributed by atoms with Crippen LogP contribution in [0, 0.1) is 0 Å². The van der Waals surface area contributed by atoms with E-state index in [1.165, 1.54) is 5.56 Å². The van der Waals surface area contributed by atoms with E-state index < -0.39 is 0 Å². The number of fused-ring (bicyclic) bond motifs is 1. The first-order valence-electron chi connectivity index (χ1n) is 6.06. The number of para-hydroxylation sites is 1. The van der Waals surface area contributed by atoms with Gasteiger partial charge in [0.2, 0.25) is 0 Å². The smallest absolute Gasteiger partial charge is 0.138 e. The molecule has 2 N–H and O–H groups in total. The van der Waals surface area contributed by atoms with Crippen molar-refractivity contribution >= 4 is 0 Å². The highest BCUT2D eigenvalue weighted by atomic mass is 16.5. The second kappa shape index (κ2) is 4.42. The number of hydrogen-bond donors (Lipinski definition) is 1. The van der Waals surface area contributed by atoms with Gasteiger partial charge in [-0.25, -0.2) is 4.98 Å². The molecule has 0 saturated heterocycles. The molecule has 1 aliphatic heterocycles. The van der Waals surface area contributed by atoms with E-state index in [2.05, 4.69) is 16.1 Å². The van der Waals surface area contributed by atoms with Gasteiger partial charge in [-0.1, -0.05) is 18.2 Å². The van der Waals surface area contributed by atoms with Crippen molar-refractivity contribution in [1.29, 1.82) is 0 Å². The van der Waals surface area contributed by atoms with Crippen LogP contribution in [0.5, 0.6) is 5.75 Å². The highest BCUT2D eigenvalue weighted by Crippen LogP contribution is 2.35. The molecule has 1 aliphatic rings. The standard InChI is InChI=1S/C13H16N4O/c1-17-13(15-8-16-17)6-11(14)10-7-18-12-5-3-2-4-9(10)12/h2-5,8,10-11H,6-7,14H2,1H3. The molecule has 0 amide bonds. The van der Waals surface area contributed by atoms with Gasteiger partial charge in [0.05, 0.1) is 6.61 Å². The predicted molar refractivity (Wildman–Crippen MR) is 67.4 cm³/mol. The summed E-state index contributed by atoms with van der Waals surface area (Å²) in [7, 11) is 1.88. The predicted octanol–water partition coefficient (Wildman–Crippen LogP) is 0.861. The summed E-state index contributed by atoms with van der Waals surface area (Å²) in [4.78, 5) is 4.21. The van der Waals surface area contributed by atoms with E-state index >= 15 is 0 Å². The lowest BCUT2D eigenvalue weighted by atomic mass is 9.92. The Bertz CT molecular complexity index is 551. The zero-order chi connectivity index (χ0) is 12.5. The summed E-state index contributed by atoms with van der Waals surface area (Å²) < 4.78 is 7.42. The third kappa shape index (κ3) is 1.86. The summed E-state index contributed by atoms with van der Waals surface area (Å²) in [6, 6.07) is 8.08. The van der Waals surface area contributed by atoms with Crippen LogP contribution in [-0.2, 0) is 13.5 Å². The lowest BCUT2D eigenvalue weighted by Gasteiger charge is -2.17. The third-order valence-corrected chi connectivity index (χ3v) is 3.48. The van der Waals surface area contributed by atoms with Crippen LogP contribution in [0.2, 0.25) is 0 Å². The van der Waals surface area contributed by atoms with Crippen LogP contribution < -0.4 is 10.5 Å². The normalized spacial score (nSPS) is 19.3. The molecule has 0 spiro atoms. The largest absolute Gasteiger partial charge is 0.493 e. The minimum atomic E-state index is -0.00319. The van der Waals surface area contributed by atoms with Gasteiger partial charge in [-0.05, 0) is 6.07 Å². The van der Waals surface area contributed by atoms with Gasteiger partial charge >= 0.3 is 0 Å². The fourth-order valence-electron chi connectivity index (χ4n) is 2.40. The highest BCUT2D eigenvalue weighted by Gasteiger charge is 2.29. The van der Waals surface area contributed by atoms with Crippen LogP contribution in [0.3, 0.4) is 0 Å². The summed E-state index contributed by atoms with van der Waals surface area (Å²) in [6.45, 7) is 0.651. The molecule has 1 aromatic heterocycles. The van der Waals surface area contributed by atoms with Crippen molar-refractivity contribution in [3.8, 4) is 5.75 Å². The maximum Gasteiger partial charge on any atom is 0.138 e. The fourth-order valence-corrected chi connectivity index (χ4v) is 2.40. The first-order valence-corrected chi connectivity index (χ1v) is 6.06. The average Bonchev–Trinajstić information content (AvgIpc) is 2.96. The Morgan fingerprint density at radius 2 is 2.33 bits per heavy atom. The molecule has 2 heterocycles. The van der Waals surface area contributed by atoms with Crippen LogP contribution in [0.1, 0.15) is 17.3 Å². The Morgan fingerprint density at radius 3 is 3.11 bits per heavy atom. The van der Waals surface area contributed by atoms with Gasteiger partial charge in [0.25, 0.3) is 0 Å². The Labute approximate surface area is 106 Å². The number of aryl methyl sites for hydroxylation is 1. The Morgan fingerprint density at radius 1 is 1.50 bits per heavy atom. The number of aromatic nitrogens is 3. The van der Waals surface area contributed by atoms with Crippen molar-refractivity contribution < 1.29 is 4.74 Å². The van der Waals surface area contributed by atoms with Crippen LogP contribution in [0.25, 0.3) is 0 Å². The highest BCUT2D eigenvalue weighted by molar-refractivity contribution is 5.40. The van der Waals surface area contributed by atoms with Crippen LogP contribution in [-0.4, -0.2) is 27.4 Å². The maximum atomic E-state index is 6.29. The molecule has 0 saturated carbocycles. The van der Waals surface area contributed by atoms with Gasteiger partial charge in [-0.15, -0.1) is 0 Å². The van der Waals surface area contributed by atoms with Crippen molar-refractivity contribution in [2.24, 2.45) is 12.8 Å². The maximum absolute atomic E-state index is 6.29. The van der Waals surface area contributed by atoms with Crippen molar-refractivity contribution in [1.82, 2.24) is 14.8 Å². The quantitative estimate of drug-likeness (QED) is 0.869. The van der Waals surface area contributed by atoms with Crippen LogP contribution in [0.15, 0.2) is 30.6 Å². The number of ether oxygens (including phenoxy) is 1. The molecule has 5 heteroatoms. The van der Waals surface area contributed by atoms with Crippen molar-refractivity contribution in [3.63, 3.8) is 0 Å². The van der Waals surface area contributed by atoms with Crippen molar-refractivity contribution in [2.75, 3.05) is 6.61 Å². The fraction of sp³-hybridized carbons (Fsp3) is 0.385.